The molecule has 1 N–H and O–H groups in total. The molecule has 1 aliphatic rings. The number of nitrogens with zero attached hydrogens (tertiary/aromatic N) is 2. The van der Waals surface area contributed by atoms with Gasteiger partial charge in [-0.1, -0.05) is 23.4 Å². The number of rotatable bonds is 4. The number of likely N-dealkylation sites (N-methyl/N-ethyl adjacent to an activating group) is 1. The summed E-state index contributed by atoms with van der Waals surface area (Å²) in [5.74, 6) is 2.56. The van der Waals surface area contributed by atoms with E-state index in [9.17, 15) is 0 Å². The molecule has 0 amide bonds. The summed E-state index contributed by atoms with van der Waals surface area (Å²) in [6.45, 7) is 1.45. The largest absolute Gasteiger partial charge is 0.492 e. The van der Waals surface area contributed by atoms with Crippen LogP contribution in [0.2, 0.25) is 0 Å². The molecule has 1 aliphatic heterocycles. The molecule has 0 bridgehead atoms. The van der Waals surface area contributed by atoms with Crippen molar-refractivity contribution in [3.05, 3.63) is 41.5 Å². The van der Waals surface area contributed by atoms with Gasteiger partial charge in [0.1, 0.15) is 12.4 Å². The lowest BCUT2D eigenvalue weighted by Gasteiger charge is -2.22. The van der Waals surface area contributed by atoms with E-state index in [-0.39, 0.29) is 5.92 Å². The smallest absolute Gasteiger partial charge is 0.233 e. The second kappa shape index (κ2) is 5.40. The minimum absolute atomic E-state index is 0.158. The van der Waals surface area contributed by atoms with E-state index >= 15 is 0 Å². The molecular formula is C14H17N3O2. The van der Waals surface area contributed by atoms with Crippen LogP contribution in [0, 0.1) is 0 Å². The van der Waals surface area contributed by atoms with E-state index in [4.69, 9.17) is 9.26 Å². The maximum absolute atomic E-state index is 5.74. The number of fused-ring (bicyclic) bond motifs is 1. The Balaban J connectivity index is 1.72. The van der Waals surface area contributed by atoms with E-state index in [2.05, 4.69) is 21.5 Å². The highest BCUT2D eigenvalue weighted by molar-refractivity contribution is 5.36. The number of para-hydroxylation sites is 1. The molecule has 1 aromatic heterocycles. The van der Waals surface area contributed by atoms with Gasteiger partial charge in [0.2, 0.25) is 5.89 Å². The third-order valence-corrected chi connectivity index (χ3v) is 3.31. The van der Waals surface area contributed by atoms with Gasteiger partial charge in [0.15, 0.2) is 5.82 Å². The minimum Gasteiger partial charge on any atom is -0.492 e. The minimum atomic E-state index is 0.158. The number of ether oxygens (including phenoxy) is 1. The standard InChI is InChI=1S/C14H17N3O2/c1-15-7-6-13-16-14(19-17-13)11-8-10-4-2-3-5-12(10)18-9-11/h2-5,11,15H,6-9H2,1H3. The molecular weight excluding hydrogens is 242 g/mol. The molecule has 5 heteroatoms. The molecule has 5 nitrogen and oxygen atoms in total. The number of hydrogen-bond donors (Lipinski definition) is 1. The quantitative estimate of drug-likeness (QED) is 0.902. The van der Waals surface area contributed by atoms with Gasteiger partial charge in [0.25, 0.3) is 0 Å². The molecule has 3 rings (SSSR count). The fourth-order valence-corrected chi connectivity index (χ4v) is 2.26. The lowest BCUT2D eigenvalue weighted by Crippen LogP contribution is -2.19. The van der Waals surface area contributed by atoms with Crippen molar-refractivity contribution in [3.8, 4) is 5.75 Å². The van der Waals surface area contributed by atoms with Crippen molar-refractivity contribution in [2.45, 2.75) is 18.8 Å². The molecule has 1 unspecified atom stereocenters. The van der Waals surface area contributed by atoms with E-state index in [1.165, 1.54) is 5.56 Å². The van der Waals surface area contributed by atoms with Crippen LogP contribution in [0.1, 0.15) is 23.2 Å². The summed E-state index contributed by atoms with van der Waals surface area (Å²) in [5.41, 5.74) is 1.20. The fraction of sp³-hybridized carbons (Fsp3) is 0.429. The number of aromatic nitrogens is 2. The Kier molecular flexibility index (Phi) is 3.46. The summed E-state index contributed by atoms with van der Waals surface area (Å²) in [5, 5.41) is 7.07. The zero-order chi connectivity index (χ0) is 13.1. The summed E-state index contributed by atoms with van der Waals surface area (Å²) in [4.78, 5) is 4.45. The Morgan fingerprint density at radius 2 is 2.26 bits per heavy atom. The van der Waals surface area contributed by atoms with Crippen LogP contribution >= 0.6 is 0 Å². The molecule has 100 valence electrons. The van der Waals surface area contributed by atoms with Gasteiger partial charge < -0.3 is 14.6 Å². The Morgan fingerprint density at radius 1 is 1.37 bits per heavy atom. The van der Waals surface area contributed by atoms with Crippen LogP contribution in [0.3, 0.4) is 0 Å². The highest BCUT2D eigenvalue weighted by atomic mass is 16.5. The first kappa shape index (κ1) is 12.2. The second-order valence-corrected chi connectivity index (χ2v) is 4.72. The summed E-state index contributed by atoms with van der Waals surface area (Å²) in [6.07, 6.45) is 1.67. The summed E-state index contributed by atoms with van der Waals surface area (Å²) >= 11 is 0. The second-order valence-electron chi connectivity index (χ2n) is 4.72. The highest BCUT2D eigenvalue weighted by Crippen LogP contribution is 2.31. The van der Waals surface area contributed by atoms with Crippen LogP contribution in [-0.2, 0) is 12.8 Å². The predicted octanol–water partition coefficient (Wildman–Crippen LogP) is 1.55. The monoisotopic (exact) mass is 259 g/mol. The lowest BCUT2D eigenvalue weighted by molar-refractivity contribution is 0.230. The Hall–Kier alpha value is -1.88. The summed E-state index contributed by atoms with van der Waals surface area (Å²) in [6, 6.07) is 8.09. The van der Waals surface area contributed by atoms with Crippen LogP contribution in [0.5, 0.6) is 5.75 Å². The average molecular weight is 259 g/mol. The molecule has 0 radical (unpaired) electrons. The van der Waals surface area contributed by atoms with Crippen LogP contribution in [0.15, 0.2) is 28.8 Å². The topological polar surface area (TPSA) is 60.2 Å². The third kappa shape index (κ3) is 2.61. The zero-order valence-corrected chi connectivity index (χ0v) is 10.9. The molecule has 19 heavy (non-hydrogen) atoms. The Labute approximate surface area is 112 Å². The van der Waals surface area contributed by atoms with Gasteiger partial charge in [-0.25, -0.2) is 0 Å². The molecule has 0 aliphatic carbocycles. The molecule has 1 atom stereocenters. The van der Waals surface area contributed by atoms with Gasteiger partial charge >= 0.3 is 0 Å². The molecule has 0 fully saturated rings. The summed E-state index contributed by atoms with van der Waals surface area (Å²) in [7, 11) is 1.91. The van der Waals surface area contributed by atoms with Crippen molar-refractivity contribution in [1.82, 2.24) is 15.5 Å². The SMILES string of the molecule is CNCCc1noc(C2COc3ccccc3C2)n1. The summed E-state index contributed by atoms with van der Waals surface area (Å²) < 4.78 is 11.1. The average Bonchev–Trinajstić information content (AvgIpc) is 2.93. The van der Waals surface area contributed by atoms with Gasteiger partial charge in [0.05, 0.1) is 5.92 Å². The van der Waals surface area contributed by atoms with Crippen molar-refractivity contribution in [2.24, 2.45) is 0 Å². The van der Waals surface area contributed by atoms with E-state index < -0.39 is 0 Å². The number of nitrogens with one attached hydrogen (secondary N) is 1. The molecule has 2 aromatic rings. The Bertz CT molecular complexity index is 553. The van der Waals surface area contributed by atoms with Crippen molar-refractivity contribution < 1.29 is 9.26 Å². The van der Waals surface area contributed by atoms with E-state index in [0.717, 1.165) is 31.0 Å². The first-order valence-electron chi connectivity index (χ1n) is 6.54. The molecule has 1 aromatic carbocycles. The molecule has 0 spiro atoms. The first-order chi connectivity index (χ1) is 9.36. The Morgan fingerprint density at radius 3 is 3.16 bits per heavy atom. The normalized spacial score (nSPS) is 17.8. The van der Waals surface area contributed by atoms with E-state index in [1.54, 1.807) is 0 Å². The first-order valence-corrected chi connectivity index (χ1v) is 6.54. The predicted molar refractivity (Wildman–Crippen MR) is 70.3 cm³/mol. The maximum Gasteiger partial charge on any atom is 0.233 e. The van der Waals surface area contributed by atoms with Crippen LogP contribution in [0.4, 0.5) is 0 Å². The van der Waals surface area contributed by atoms with Gasteiger partial charge in [-0.15, -0.1) is 0 Å². The van der Waals surface area contributed by atoms with Crippen LogP contribution < -0.4 is 10.1 Å². The van der Waals surface area contributed by atoms with Crippen molar-refractivity contribution in [1.29, 1.82) is 0 Å². The van der Waals surface area contributed by atoms with Gasteiger partial charge in [0, 0.05) is 13.0 Å². The van der Waals surface area contributed by atoms with Crippen molar-refractivity contribution >= 4 is 0 Å². The third-order valence-electron chi connectivity index (χ3n) is 3.31. The lowest BCUT2D eigenvalue weighted by atomic mass is 9.97. The number of hydrogen-bond acceptors (Lipinski definition) is 5. The maximum atomic E-state index is 5.74. The molecule has 0 saturated heterocycles. The van der Waals surface area contributed by atoms with Gasteiger partial charge in [-0.3, -0.25) is 0 Å². The van der Waals surface area contributed by atoms with Gasteiger partial charge in [-0.2, -0.15) is 4.98 Å². The van der Waals surface area contributed by atoms with Crippen LogP contribution in [0.25, 0.3) is 0 Å². The highest BCUT2D eigenvalue weighted by Gasteiger charge is 2.25. The fourth-order valence-electron chi connectivity index (χ4n) is 2.26. The number of benzene rings is 1. The molecule has 0 saturated carbocycles. The van der Waals surface area contributed by atoms with Crippen LogP contribution in [-0.4, -0.2) is 30.3 Å². The zero-order valence-electron chi connectivity index (χ0n) is 10.9. The molecule has 2 heterocycles. The van der Waals surface area contributed by atoms with Crippen molar-refractivity contribution in [3.63, 3.8) is 0 Å². The van der Waals surface area contributed by atoms with E-state index in [0.29, 0.717) is 12.5 Å². The van der Waals surface area contributed by atoms with Gasteiger partial charge in [-0.05, 0) is 25.1 Å². The van der Waals surface area contributed by atoms with E-state index in [1.807, 2.05) is 25.2 Å². The van der Waals surface area contributed by atoms with Crippen molar-refractivity contribution in [2.75, 3.05) is 20.2 Å².